The summed E-state index contributed by atoms with van der Waals surface area (Å²) in [7, 11) is -11.5. The second-order valence-corrected chi connectivity index (χ2v) is 3.68. The van der Waals surface area contributed by atoms with Crippen LogP contribution in [0.1, 0.15) is 0 Å². The normalized spacial score (nSPS) is 11.7. The molecule has 0 amide bonds. The molecule has 0 saturated carbocycles. The van der Waals surface area contributed by atoms with Crippen LogP contribution in [0, 0.1) is 5.21 Å². The van der Waals surface area contributed by atoms with Crippen LogP contribution >= 0.6 is 0 Å². The standard InChI is InChI=1S/2K.H2NO7S2/c;;2-1(9(3,4)5)10(6,7)8/h;;(H,3,4,5)(H,6,7,8)/q2*+1;-1/p-2. The summed E-state index contributed by atoms with van der Waals surface area (Å²) in [6.07, 6.45) is 0. The maximum Gasteiger partial charge on any atom is 1.00 e. The molecule has 0 aromatic heterocycles. The monoisotopic (exact) mass is 268 g/mol. The molecule has 0 radical (unpaired) electrons. The van der Waals surface area contributed by atoms with Crippen LogP contribution < -0.4 is 103 Å². The number of rotatable bonds is 2. The van der Waals surface area contributed by atoms with E-state index in [4.69, 9.17) is 0 Å². The predicted octanol–water partition coefficient (Wildman–Crippen LogP) is -8.29. The van der Waals surface area contributed by atoms with Gasteiger partial charge in [-0.15, -0.1) is 0 Å². The molecular formula is K2NO7S2-. The minimum atomic E-state index is -5.73. The van der Waals surface area contributed by atoms with Gasteiger partial charge in [-0.1, -0.05) is 0 Å². The Morgan fingerprint density at radius 1 is 0.833 bits per heavy atom. The molecule has 0 rings (SSSR count). The van der Waals surface area contributed by atoms with Crippen LogP contribution in [-0.2, 0) is 20.6 Å². The third-order valence-corrected chi connectivity index (χ3v) is 2.19. The molecule has 0 aliphatic rings. The van der Waals surface area contributed by atoms with E-state index in [-0.39, 0.29) is 103 Å². The van der Waals surface area contributed by atoms with Crippen LogP contribution in [0.3, 0.4) is 0 Å². The zero-order valence-corrected chi connectivity index (χ0v) is 14.0. The van der Waals surface area contributed by atoms with Gasteiger partial charge in [-0.3, -0.25) is 0 Å². The third kappa shape index (κ3) is 8.33. The summed E-state index contributed by atoms with van der Waals surface area (Å²) in [5.41, 5.74) is 0. The quantitative estimate of drug-likeness (QED) is 0.275. The van der Waals surface area contributed by atoms with Crippen LogP contribution in [0.5, 0.6) is 0 Å². The largest absolute Gasteiger partial charge is 1.00 e. The van der Waals surface area contributed by atoms with Crippen molar-refractivity contribution in [2.75, 3.05) is 0 Å². The molecule has 0 fully saturated rings. The molecule has 0 aliphatic carbocycles. The van der Waals surface area contributed by atoms with E-state index >= 15 is 0 Å². The fraction of sp³-hybridized carbons (Fsp3) is 0. The summed E-state index contributed by atoms with van der Waals surface area (Å²) in [5, 5.41) is 9.60. The van der Waals surface area contributed by atoms with E-state index in [0.717, 1.165) is 0 Å². The average Bonchev–Trinajstić information content (AvgIpc) is 1.59. The summed E-state index contributed by atoms with van der Waals surface area (Å²) in [5.74, 6) is 0. The van der Waals surface area contributed by atoms with Gasteiger partial charge >= 0.3 is 103 Å². The molecule has 62 valence electrons. The van der Waals surface area contributed by atoms with Gasteiger partial charge in [0.15, 0.2) is 20.6 Å². The van der Waals surface area contributed by atoms with Gasteiger partial charge in [-0.2, -0.15) is 3.87 Å². The molecular weight excluding hydrogens is 268 g/mol. The first-order valence-electron chi connectivity index (χ1n) is 1.55. The van der Waals surface area contributed by atoms with Gasteiger partial charge in [-0.05, 0) is 0 Å². The fourth-order valence-corrected chi connectivity index (χ4v) is 1.01. The van der Waals surface area contributed by atoms with Crippen LogP contribution in [0.4, 0.5) is 0 Å². The number of hydrogen-bond donors (Lipinski definition) is 0. The van der Waals surface area contributed by atoms with Crippen molar-refractivity contribution in [3.05, 3.63) is 5.21 Å². The topological polar surface area (TPSA) is 141 Å². The molecule has 8 nitrogen and oxygen atoms in total. The van der Waals surface area contributed by atoms with Crippen molar-refractivity contribution in [2.24, 2.45) is 0 Å². The minimum Gasteiger partial charge on any atom is -0.760 e. The summed E-state index contributed by atoms with van der Waals surface area (Å²) in [4.78, 5) is 0. The first-order chi connectivity index (χ1) is 4.15. The molecule has 0 heterocycles. The van der Waals surface area contributed by atoms with Crippen molar-refractivity contribution in [3.63, 3.8) is 0 Å². The van der Waals surface area contributed by atoms with Crippen molar-refractivity contribution in [1.29, 1.82) is 0 Å². The van der Waals surface area contributed by atoms with E-state index in [9.17, 15) is 31.1 Å². The Morgan fingerprint density at radius 3 is 1.00 bits per heavy atom. The molecule has 0 aromatic carbocycles. The van der Waals surface area contributed by atoms with Gasteiger partial charge in [0, 0.05) is 0 Å². The molecule has 0 N–H and O–H groups in total. The van der Waals surface area contributed by atoms with Gasteiger partial charge in [0.2, 0.25) is 0 Å². The molecule has 0 aromatic rings. The van der Waals surface area contributed by atoms with Crippen molar-refractivity contribution in [2.45, 2.75) is 0 Å². The first kappa shape index (κ1) is 20.4. The number of nitrogens with zero attached hydrogens (tertiary/aromatic N) is 1. The molecule has 12 heteroatoms. The Kier molecular flexibility index (Phi) is 12.4. The summed E-state index contributed by atoms with van der Waals surface area (Å²) in [6, 6.07) is 0. The predicted molar refractivity (Wildman–Crippen MR) is 24.6 cm³/mol. The van der Waals surface area contributed by atoms with Gasteiger partial charge in [0.1, 0.15) is 0 Å². The fourth-order valence-electron chi connectivity index (χ4n) is 0.112. The molecule has 0 bridgehead atoms. The zero-order chi connectivity index (χ0) is 8.58. The molecule has 0 unspecified atom stereocenters. The second kappa shape index (κ2) is 7.31. The summed E-state index contributed by atoms with van der Waals surface area (Å²) < 4.78 is 54.7. The Hall–Kier alpha value is 3.01. The smallest absolute Gasteiger partial charge is 0.760 e. The van der Waals surface area contributed by atoms with Crippen LogP contribution in [0.15, 0.2) is 0 Å². The second-order valence-electron chi connectivity index (χ2n) is 1.08. The zero-order valence-electron chi connectivity index (χ0n) is 6.12. The molecule has 0 atom stereocenters. The molecule has 0 saturated heterocycles. The maximum atomic E-state index is 9.60. The molecule has 0 spiro atoms. The average molecular weight is 268 g/mol. The molecule has 0 aliphatic heterocycles. The molecule has 12 heavy (non-hydrogen) atoms. The minimum absolute atomic E-state index is 0. The number of hydrogen-bond acceptors (Lipinski definition) is 7. The Morgan fingerprint density at radius 2 is 1.00 bits per heavy atom. The van der Waals surface area contributed by atoms with Crippen molar-refractivity contribution >= 4 is 20.6 Å². The van der Waals surface area contributed by atoms with Crippen LogP contribution in [0.2, 0.25) is 0 Å². The van der Waals surface area contributed by atoms with E-state index in [1.165, 1.54) is 0 Å². The van der Waals surface area contributed by atoms with E-state index in [2.05, 4.69) is 0 Å². The summed E-state index contributed by atoms with van der Waals surface area (Å²) >= 11 is 0. The van der Waals surface area contributed by atoms with Crippen molar-refractivity contribution in [1.82, 2.24) is 3.87 Å². The maximum absolute atomic E-state index is 9.60. The van der Waals surface area contributed by atoms with E-state index in [0.29, 0.717) is 0 Å². The van der Waals surface area contributed by atoms with Crippen LogP contribution in [-0.4, -0.2) is 29.8 Å². The Bertz CT molecular complexity index is 268. The van der Waals surface area contributed by atoms with Crippen LogP contribution in [0.25, 0.3) is 0 Å². The van der Waals surface area contributed by atoms with Crippen molar-refractivity contribution < 1.29 is 129 Å². The van der Waals surface area contributed by atoms with Gasteiger partial charge in [0.05, 0.1) is 0 Å². The summed E-state index contributed by atoms with van der Waals surface area (Å²) in [6.45, 7) is 0. The SMILES string of the molecule is O=S(=O)([O-])N([O-])S(=O)(=O)[O-].[K+].[K+]. The first-order valence-corrected chi connectivity index (χ1v) is 4.28. The Labute approximate surface area is 154 Å². The van der Waals surface area contributed by atoms with Gasteiger partial charge in [-0.25, -0.2) is 16.8 Å². The van der Waals surface area contributed by atoms with Gasteiger partial charge < -0.3 is 14.3 Å². The van der Waals surface area contributed by atoms with E-state index < -0.39 is 24.5 Å². The van der Waals surface area contributed by atoms with E-state index in [1.54, 1.807) is 0 Å². The Balaban J connectivity index is -0.000000405. The van der Waals surface area contributed by atoms with Crippen molar-refractivity contribution in [3.8, 4) is 0 Å². The third-order valence-electron chi connectivity index (χ3n) is 0.365. The van der Waals surface area contributed by atoms with E-state index in [1.807, 2.05) is 0 Å². The van der Waals surface area contributed by atoms with Gasteiger partial charge in [0.25, 0.3) is 0 Å².